The number of rotatable bonds is 2. The highest BCUT2D eigenvalue weighted by molar-refractivity contribution is 5.06. The van der Waals surface area contributed by atoms with Crippen molar-refractivity contribution in [1.82, 2.24) is 5.32 Å². The van der Waals surface area contributed by atoms with Crippen LogP contribution in [0.1, 0.15) is 26.2 Å². The van der Waals surface area contributed by atoms with Gasteiger partial charge in [0.1, 0.15) is 0 Å². The molecule has 0 saturated heterocycles. The van der Waals surface area contributed by atoms with Crippen molar-refractivity contribution in [1.29, 1.82) is 0 Å². The molecule has 0 aromatic heterocycles. The first kappa shape index (κ1) is 8.11. The van der Waals surface area contributed by atoms with Crippen LogP contribution in [0, 0.1) is 11.8 Å². The molecule has 3 N–H and O–H groups in total. The van der Waals surface area contributed by atoms with Crippen molar-refractivity contribution in [3.05, 3.63) is 12.3 Å². The summed E-state index contributed by atoms with van der Waals surface area (Å²) in [7, 11) is 0. The van der Waals surface area contributed by atoms with Gasteiger partial charge in [-0.15, -0.1) is 0 Å². The van der Waals surface area contributed by atoms with Crippen molar-refractivity contribution in [3.8, 4) is 0 Å². The molecule has 2 fully saturated rings. The van der Waals surface area contributed by atoms with E-state index in [2.05, 4.69) is 11.9 Å². The Morgan fingerprint density at radius 3 is 2.67 bits per heavy atom. The molecule has 4 unspecified atom stereocenters. The van der Waals surface area contributed by atoms with Gasteiger partial charge in [-0.1, -0.05) is 6.58 Å². The molecule has 2 rings (SSSR count). The van der Waals surface area contributed by atoms with E-state index in [0.29, 0.717) is 18.0 Å². The van der Waals surface area contributed by atoms with Crippen molar-refractivity contribution in [2.45, 2.75) is 38.3 Å². The monoisotopic (exact) mass is 166 g/mol. The van der Waals surface area contributed by atoms with E-state index in [9.17, 15) is 0 Å². The average Bonchev–Trinajstić information content (AvgIpc) is 2.44. The lowest BCUT2D eigenvalue weighted by Gasteiger charge is -2.19. The maximum atomic E-state index is 6.02. The topological polar surface area (TPSA) is 38.0 Å². The van der Waals surface area contributed by atoms with Crippen LogP contribution in [0.5, 0.6) is 0 Å². The predicted molar refractivity (Wildman–Crippen MR) is 50.5 cm³/mol. The molecule has 68 valence electrons. The fourth-order valence-electron chi connectivity index (χ4n) is 2.89. The summed E-state index contributed by atoms with van der Waals surface area (Å²) in [6.07, 6.45) is 3.90. The molecule has 4 atom stereocenters. The predicted octanol–water partition coefficient (Wildman–Crippen LogP) is 1.24. The SMILES string of the molecule is C=C(C)NC1C2CCC1C(N)C2. The lowest BCUT2D eigenvalue weighted by Crippen LogP contribution is -2.35. The number of hydrogen-bond acceptors (Lipinski definition) is 2. The van der Waals surface area contributed by atoms with Crippen LogP contribution in [-0.4, -0.2) is 12.1 Å². The highest BCUT2D eigenvalue weighted by Crippen LogP contribution is 2.44. The third kappa shape index (κ3) is 1.14. The zero-order valence-electron chi connectivity index (χ0n) is 7.72. The summed E-state index contributed by atoms with van der Waals surface area (Å²) in [6.45, 7) is 5.92. The van der Waals surface area contributed by atoms with Crippen LogP contribution in [0.3, 0.4) is 0 Å². The van der Waals surface area contributed by atoms with Gasteiger partial charge in [0.25, 0.3) is 0 Å². The molecule has 12 heavy (non-hydrogen) atoms. The quantitative estimate of drug-likeness (QED) is 0.647. The van der Waals surface area contributed by atoms with E-state index < -0.39 is 0 Å². The minimum Gasteiger partial charge on any atom is -0.386 e. The molecule has 2 aliphatic carbocycles. The lowest BCUT2D eigenvalue weighted by atomic mass is 9.96. The fourth-order valence-corrected chi connectivity index (χ4v) is 2.89. The summed E-state index contributed by atoms with van der Waals surface area (Å²) >= 11 is 0. The van der Waals surface area contributed by atoms with Crippen molar-refractivity contribution in [2.75, 3.05) is 0 Å². The number of nitrogens with two attached hydrogens (primary N) is 1. The Hall–Kier alpha value is -0.500. The highest BCUT2D eigenvalue weighted by Gasteiger charge is 2.46. The van der Waals surface area contributed by atoms with E-state index in [-0.39, 0.29) is 0 Å². The molecule has 2 bridgehead atoms. The Kier molecular flexibility index (Phi) is 1.87. The number of hydrogen-bond donors (Lipinski definition) is 2. The zero-order chi connectivity index (χ0) is 8.72. The highest BCUT2D eigenvalue weighted by atomic mass is 15.0. The second-order valence-electron chi connectivity index (χ2n) is 4.35. The van der Waals surface area contributed by atoms with E-state index in [1.807, 2.05) is 6.92 Å². The van der Waals surface area contributed by atoms with Crippen LogP contribution in [0.25, 0.3) is 0 Å². The van der Waals surface area contributed by atoms with Crippen LogP contribution in [-0.2, 0) is 0 Å². The molecule has 0 aliphatic heterocycles. The molecule has 2 aliphatic rings. The number of allylic oxidation sites excluding steroid dienone is 1. The van der Waals surface area contributed by atoms with E-state index in [4.69, 9.17) is 5.73 Å². The van der Waals surface area contributed by atoms with Gasteiger partial charge in [0.15, 0.2) is 0 Å². The first-order valence-electron chi connectivity index (χ1n) is 4.86. The standard InChI is InChI=1S/C10H18N2/c1-6(2)12-10-7-3-4-8(10)9(11)5-7/h7-10,12H,1,3-5,11H2,2H3. The normalized spacial score (nSPS) is 44.8. The molecular weight excluding hydrogens is 148 g/mol. The minimum atomic E-state index is 0.445. The van der Waals surface area contributed by atoms with E-state index in [0.717, 1.165) is 11.6 Å². The summed E-state index contributed by atoms with van der Waals surface area (Å²) in [6, 6.07) is 1.08. The smallest absolute Gasteiger partial charge is 0.0329 e. The van der Waals surface area contributed by atoms with Crippen molar-refractivity contribution < 1.29 is 0 Å². The van der Waals surface area contributed by atoms with E-state index >= 15 is 0 Å². The summed E-state index contributed by atoms with van der Waals surface area (Å²) in [5.74, 6) is 1.54. The average molecular weight is 166 g/mol. The molecule has 2 heteroatoms. The number of fused-ring (bicyclic) bond motifs is 2. The third-order valence-corrected chi connectivity index (χ3v) is 3.38. The van der Waals surface area contributed by atoms with Crippen molar-refractivity contribution in [2.24, 2.45) is 17.6 Å². The summed E-state index contributed by atoms with van der Waals surface area (Å²) in [5.41, 5.74) is 7.11. The van der Waals surface area contributed by atoms with Crippen LogP contribution in [0.2, 0.25) is 0 Å². The second-order valence-corrected chi connectivity index (χ2v) is 4.35. The van der Waals surface area contributed by atoms with Gasteiger partial charge in [-0.25, -0.2) is 0 Å². The van der Waals surface area contributed by atoms with E-state index in [1.165, 1.54) is 19.3 Å². The second kappa shape index (κ2) is 2.77. The molecule has 0 radical (unpaired) electrons. The first-order valence-corrected chi connectivity index (χ1v) is 4.86. The zero-order valence-corrected chi connectivity index (χ0v) is 7.72. The first-order chi connectivity index (χ1) is 5.68. The largest absolute Gasteiger partial charge is 0.386 e. The minimum absolute atomic E-state index is 0.445. The van der Waals surface area contributed by atoms with Crippen LogP contribution in [0.4, 0.5) is 0 Å². The Bertz CT molecular complexity index is 200. The molecule has 0 aromatic carbocycles. The Balaban J connectivity index is 2.03. The van der Waals surface area contributed by atoms with Gasteiger partial charge in [0.2, 0.25) is 0 Å². The van der Waals surface area contributed by atoms with Crippen LogP contribution in [0.15, 0.2) is 12.3 Å². The maximum absolute atomic E-state index is 6.02. The fraction of sp³-hybridized carbons (Fsp3) is 0.800. The van der Waals surface area contributed by atoms with Gasteiger partial charge in [-0.05, 0) is 38.0 Å². The Labute approximate surface area is 74.2 Å². The summed E-state index contributed by atoms with van der Waals surface area (Å²) < 4.78 is 0. The van der Waals surface area contributed by atoms with Gasteiger partial charge in [-0.3, -0.25) is 0 Å². The Morgan fingerprint density at radius 2 is 2.25 bits per heavy atom. The van der Waals surface area contributed by atoms with E-state index in [1.54, 1.807) is 0 Å². The van der Waals surface area contributed by atoms with Crippen molar-refractivity contribution in [3.63, 3.8) is 0 Å². The summed E-state index contributed by atoms with van der Waals surface area (Å²) in [5, 5.41) is 3.46. The molecule has 2 nitrogen and oxygen atoms in total. The Morgan fingerprint density at radius 1 is 1.50 bits per heavy atom. The number of nitrogens with one attached hydrogen (secondary N) is 1. The third-order valence-electron chi connectivity index (χ3n) is 3.38. The lowest BCUT2D eigenvalue weighted by molar-refractivity contribution is 0.410. The molecule has 0 spiro atoms. The van der Waals surface area contributed by atoms with Gasteiger partial charge < -0.3 is 11.1 Å². The van der Waals surface area contributed by atoms with Gasteiger partial charge in [0, 0.05) is 17.8 Å². The van der Waals surface area contributed by atoms with Gasteiger partial charge in [0.05, 0.1) is 0 Å². The molecule has 0 heterocycles. The van der Waals surface area contributed by atoms with Gasteiger partial charge >= 0.3 is 0 Å². The van der Waals surface area contributed by atoms with Crippen molar-refractivity contribution >= 4 is 0 Å². The van der Waals surface area contributed by atoms with Crippen LogP contribution >= 0.6 is 0 Å². The molecule has 2 saturated carbocycles. The van der Waals surface area contributed by atoms with Crippen LogP contribution < -0.4 is 11.1 Å². The summed E-state index contributed by atoms with van der Waals surface area (Å²) in [4.78, 5) is 0. The maximum Gasteiger partial charge on any atom is 0.0329 e. The van der Waals surface area contributed by atoms with Gasteiger partial charge in [-0.2, -0.15) is 0 Å². The molecule has 0 aromatic rings. The molecular formula is C10H18N2. The molecule has 0 amide bonds.